The minimum Gasteiger partial charge on any atom is -0.351 e. The van der Waals surface area contributed by atoms with E-state index in [1.165, 1.54) is 17.5 Å². The Bertz CT molecular complexity index is 330. The van der Waals surface area contributed by atoms with E-state index < -0.39 is 0 Å². The number of amides is 1. The SMILES string of the molecule is [N-]=[N+]=NCCCNC(=O)c1cncs1. The van der Waals surface area contributed by atoms with Crippen LogP contribution in [0.2, 0.25) is 0 Å². The number of azide groups is 1. The molecule has 0 radical (unpaired) electrons. The summed E-state index contributed by atoms with van der Waals surface area (Å²) in [6.45, 7) is 0.912. The van der Waals surface area contributed by atoms with Gasteiger partial charge in [0.2, 0.25) is 0 Å². The zero-order chi connectivity index (χ0) is 10.2. The molecule has 1 aromatic rings. The molecule has 0 saturated carbocycles. The Morgan fingerprint density at radius 3 is 3.29 bits per heavy atom. The zero-order valence-corrected chi connectivity index (χ0v) is 8.20. The van der Waals surface area contributed by atoms with Gasteiger partial charge in [0.1, 0.15) is 4.88 Å². The normalized spacial score (nSPS) is 9.14. The molecule has 0 aromatic carbocycles. The smallest absolute Gasteiger partial charge is 0.262 e. The monoisotopic (exact) mass is 211 g/mol. The zero-order valence-electron chi connectivity index (χ0n) is 7.38. The van der Waals surface area contributed by atoms with Gasteiger partial charge in [0, 0.05) is 18.0 Å². The van der Waals surface area contributed by atoms with Gasteiger partial charge >= 0.3 is 0 Å². The van der Waals surface area contributed by atoms with Gasteiger partial charge in [0.15, 0.2) is 0 Å². The quantitative estimate of drug-likeness (QED) is 0.346. The Hall–Kier alpha value is -1.59. The first kappa shape index (κ1) is 10.5. The van der Waals surface area contributed by atoms with Crippen molar-refractivity contribution in [3.05, 3.63) is 27.0 Å². The Morgan fingerprint density at radius 2 is 2.64 bits per heavy atom. The summed E-state index contributed by atoms with van der Waals surface area (Å²) in [5, 5.41) is 6.04. The first-order valence-corrected chi connectivity index (χ1v) is 4.90. The molecule has 1 N–H and O–H groups in total. The lowest BCUT2D eigenvalue weighted by atomic mass is 10.4. The highest BCUT2D eigenvalue weighted by Crippen LogP contribution is 2.04. The van der Waals surface area contributed by atoms with Crippen LogP contribution in [-0.2, 0) is 0 Å². The van der Waals surface area contributed by atoms with Crippen LogP contribution in [-0.4, -0.2) is 24.0 Å². The number of aromatic nitrogens is 1. The highest BCUT2D eigenvalue weighted by atomic mass is 32.1. The van der Waals surface area contributed by atoms with Gasteiger partial charge in [-0.15, -0.1) is 11.3 Å². The molecule has 1 rings (SSSR count). The van der Waals surface area contributed by atoms with Crippen LogP contribution >= 0.6 is 11.3 Å². The van der Waals surface area contributed by atoms with Gasteiger partial charge in [-0.2, -0.15) is 0 Å². The molecule has 7 heteroatoms. The van der Waals surface area contributed by atoms with Crippen LogP contribution in [0, 0.1) is 0 Å². The number of hydrogen-bond donors (Lipinski definition) is 1. The summed E-state index contributed by atoms with van der Waals surface area (Å²) in [5.74, 6) is -0.131. The van der Waals surface area contributed by atoms with Crippen molar-refractivity contribution in [1.29, 1.82) is 0 Å². The molecule has 0 bridgehead atoms. The van der Waals surface area contributed by atoms with Crippen LogP contribution in [0.5, 0.6) is 0 Å². The van der Waals surface area contributed by atoms with E-state index in [2.05, 4.69) is 20.3 Å². The maximum Gasteiger partial charge on any atom is 0.262 e. The molecule has 0 aliphatic rings. The van der Waals surface area contributed by atoms with E-state index in [9.17, 15) is 4.79 Å². The predicted molar refractivity (Wildman–Crippen MR) is 53.1 cm³/mol. The van der Waals surface area contributed by atoms with E-state index in [1.54, 1.807) is 5.51 Å². The molecule has 1 heterocycles. The Kier molecular flexibility index (Phi) is 4.46. The molecule has 1 amide bonds. The number of carbonyl (C=O) groups is 1. The average molecular weight is 211 g/mol. The fourth-order valence-electron chi connectivity index (χ4n) is 0.811. The van der Waals surface area contributed by atoms with Gasteiger partial charge < -0.3 is 5.32 Å². The highest BCUT2D eigenvalue weighted by molar-refractivity contribution is 7.11. The average Bonchev–Trinajstić information content (AvgIpc) is 2.70. The van der Waals surface area contributed by atoms with Gasteiger partial charge in [-0.3, -0.25) is 9.78 Å². The number of nitrogens with zero attached hydrogens (tertiary/aromatic N) is 4. The summed E-state index contributed by atoms with van der Waals surface area (Å²) < 4.78 is 0. The maximum absolute atomic E-state index is 11.3. The van der Waals surface area contributed by atoms with Gasteiger partial charge in [-0.25, -0.2) is 0 Å². The summed E-state index contributed by atoms with van der Waals surface area (Å²) in [4.78, 5) is 18.3. The molecule has 0 unspecified atom stereocenters. The predicted octanol–water partition coefficient (Wildman–Crippen LogP) is 1.57. The minimum absolute atomic E-state index is 0.131. The van der Waals surface area contributed by atoms with E-state index >= 15 is 0 Å². The van der Waals surface area contributed by atoms with Crippen molar-refractivity contribution < 1.29 is 4.79 Å². The second-order valence-electron chi connectivity index (χ2n) is 2.43. The van der Waals surface area contributed by atoms with Crippen LogP contribution in [0.1, 0.15) is 16.1 Å². The Labute approximate surface area is 84.6 Å². The fraction of sp³-hybridized carbons (Fsp3) is 0.429. The third-order valence-corrected chi connectivity index (χ3v) is 2.21. The van der Waals surface area contributed by atoms with Crippen molar-refractivity contribution in [2.75, 3.05) is 13.1 Å². The lowest BCUT2D eigenvalue weighted by Crippen LogP contribution is -2.23. The van der Waals surface area contributed by atoms with Crippen molar-refractivity contribution in [3.63, 3.8) is 0 Å². The molecule has 0 fully saturated rings. The molecular weight excluding hydrogens is 202 g/mol. The van der Waals surface area contributed by atoms with Crippen LogP contribution in [0.3, 0.4) is 0 Å². The van der Waals surface area contributed by atoms with Crippen LogP contribution in [0.4, 0.5) is 0 Å². The number of carbonyl (C=O) groups excluding carboxylic acids is 1. The van der Waals surface area contributed by atoms with Gasteiger partial charge in [-0.1, -0.05) is 5.11 Å². The topological polar surface area (TPSA) is 90.8 Å². The summed E-state index contributed by atoms with van der Waals surface area (Å²) in [7, 11) is 0. The Balaban J connectivity index is 2.19. The number of thiazole rings is 1. The summed E-state index contributed by atoms with van der Waals surface area (Å²) in [6.07, 6.45) is 2.17. The van der Waals surface area contributed by atoms with Crippen LogP contribution in [0.15, 0.2) is 16.8 Å². The molecule has 74 valence electrons. The lowest BCUT2D eigenvalue weighted by Gasteiger charge is -1.99. The summed E-state index contributed by atoms with van der Waals surface area (Å²) >= 11 is 1.29. The number of nitrogens with one attached hydrogen (secondary N) is 1. The molecule has 6 nitrogen and oxygen atoms in total. The van der Waals surface area contributed by atoms with E-state index in [1.807, 2.05) is 0 Å². The van der Waals surface area contributed by atoms with Crippen molar-refractivity contribution in [2.45, 2.75) is 6.42 Å². The second-order valence-corrected chi connectivity index (χ2v) is 3.32. The van der Waals surface area contributed by atoms with Crippen molar-refractivity contribution in [1.82, 2.24) is 10.3 Å². The minimum atomic E-state index is -0.131. The van der Waals surface area contributed by atoms with Crippen LogP contribution in [0.25, 0.3) is 10.4 Å². The first-order valence-electron chi connectivity index (χ1n) is 4.02. The van der Waals surface area contributed by atoms with Gasteiger partial charge in [0.25, 0.3) is 5.91 Å². The van der Waals surface area contributed by atoms with E-state index in [4.69, 9.17) is 5.53 Å². The molecular formula is C7H9N5OS. The maximum atomic E-state index is 11.3. The van der Waals surface area contributed by atoms with Crippen molar-refractivity contribution in [2.24, 2.45) is 5.11 Å². The van der Waals surface area contributed by atoms with Crippen molar-refractivity contribution in [3.8, 4) is 0 Å². The highest BCUT2D eigenvalue weighted by Gasteiger charge is 2.04. The molecule has 0 atom stereocenters. The third kappa shape index (κ3) is 3.42. The van der Waals surface area contributed by atoms with Crippen molar-refractivity contribution >= 4 is 17.2 Å². The third-order valence-electron chi connectivity index (χ3n) is 1.44. The fourth-order valence-corrected chi connectivity index (χ4v) is 1.35. The Morgan fingerprint density at radius 1 is 1.79 bits per heavy atom. The molecule has 1 aromatic heterocycles. The van der Waals surface area contributed by atoms with E-state index in [-0.39, 0.29) is 5.91 Å². The first-order chi connectivity index (χ1) is 6.84. The molecule has 14 heavy (non-hydrogen) atoms. The van der Waals surface area contributed by atoms with Gasteiger partial charge in [-0.05, 0) is 12.0 Å². The van der Waals surface area contributed by atoms with E-state index in [0.717, 1.165) is 0 Å². The molecule has 0 aliphatic carbocycles. The van der Waals surface area contributed by atoms with E-state index in [0.29, 0.717) is 24.4 Å². The molecule has 0 spiro atoms. The second kappa shape index (κ2) is 5.95. The standard InChI is InChI=1S/C7H9N5OS/c8-12-11-3-1-2-10-7(13)6-4-9-5-14-6/h4-5H,1-3H2,(H,10,13). The molecule has 0 aliphatic heterocycles. The van der Waals surface area contributed by atoms with Crippen LogP contribution < -0.4 is 5.32 Å². The number of rotatable bonds is 5. The largest absolute Gasteiger partial charge is 0.351 e. The summed E-state index contributed by atoms with van der Waals surface area (Å²) in [5.41, 5.74) is 9.60. The molecule has 0 saturated heterocycles. The van der Waals surface area contributed by atoms with Gasteiger partial charge in [0.05, 0.1) is 11.7 Å². The number of hydrogen-bond acceptors (Lipinski definition) is 4. The summed E-state index contributed by atoms with van der Waals surface area (Å²) in [6, 6.07) is 0. The lowest BCUT2D eigenvalue weighted by molar-refractivity contribution is 0.0957.